The number of anilines is 1. The number of fused-ring (bicyclic) bond motifs is 1. The second-order valence-electron chi connectivity index (χ2n) is 9.00. The molecular formula is C27H30N6O3. The van der Waals surface area contributed by atoms with E-state index in [4.69, 9.17) is 9.72 Å². The van der Waals surface area contributed by atoms with E-state index in [1.807, 2.05) is 66.4 Å². The van der Waals surface area contributed by atoms with Crippen molar-refractivity contribution >= 4 is 22.9 Å². The van der Waals surface area contributed by atoms with Gasteiger partial charge in [-0.2, -0.15) is 0 Å². The van der Waals surface area contributed by atoms with Gasteiger partial charge < -0.3 is 19.9 Å². The highest BCUT2D eigenvalue weighted by Gasteiger charge is 2.21. The normalized spacial score (nSPS) is 14.6. The molecule has 1 atom stereocenters. The van der Waals surface area contributed by atoms with E-state index >= 15 is 0 Å². The van der Waals surface area contributed by atoms with Crippen LogP contribution in [0.4, 0.5) is 5.95 Å². The van der Waals surface area contributed by atoms with Crippen LogP contribution in [0.1, 0.15) is 35.1 Å². The summed E-state index contributed by atoms with van der Waals surface area (Å²) in [4.78, 5) is 43.4. The second-order valence-corrected chi connectivity index (χ2v) is 9.00. The standard InChI is InChI=1S/C27H30N6O3/c1-18-20(26(35)32-27(28-18)33-13-15-36-16-14-33)11-12-24(34)29-23(17-19-7-3-2-4-8-19)25-30-21-9-5-6-10-22(21)31-25/h2-10,23H,11-17H2,1H3,(H,29,34)(H,30,31)(H,28,32,35)/t23-/m0/s1. The molecule has 1 aliphatic rings. The van der Waals surface area contributed by atoms with Gasteiger partial charge in [0.15, 0.2) is 0 Å². The minimum absolute atomic E-state index is 0.146. The number of carbonyl (C=O) groups excluding carboxylic acids is 1. The van der Waals surface area contributed by atoms with Gasteiger partial charge in [-0.05, 0) is 37.5 Å². The molecular weight excluding hydrogens is 456 g/mol. The number of para-hydroxylation sites is 2. The highest BCUT2D eigenvalue weighted by Crippen LogP contribution is 2.20. The lowest BCUT2D eigenvalue weighted by molar-refractivity contribution is -0.121. The molecule has 186 valence electrons. The molecule has 0 spiro atoms. The summed E-state index contributed by atoms with van der Waals surface area (Å²) in [5.74, 6) is 1.12. The summed E-state index contributed by atoms with van der Waals surface area (Å²) < 4.78 is 5.38. The Hall–Kier alpha value is -3.98. The van der Waals surface area contributed by atoms with E-state index in [2.05, 4.69) is 20.3 Å². The van der Waals surface area contributed by atoms with E-state index in [-0.39, 0.29) is 23.9 Å². The van der Waals surface area contributed by atoms with Crippen molar-refractivity contribution in [1.29, 1.82) is 0 Å². The Labute approximate surface area is 208 Å². The lowest BCUT2D eigenvalue weighted by Gasteiger charge is -2.27. The highest BCUT2D eigenvalue weighted by molar-refractivity contribution is 5.78. The van der Waals surface area contributed by atoms with Gasteiger partial charge in [-0.1, -0.05) is 42.5 Å². The summed E-state index contributed by atoms with van der Waals surface area (Å²) in [6.45, 7) is 4.42. The first kappa shape index (κ1) is 23.7. The first-order valence-electron chi connectivity index (χ1n) is 12.3. The van der Waals surface area contributed by atoms with E-state index in [9.17, 15) is 9.59 Å². The molecule has 2 aromatic heterocycles. The van der Waals surface area contributed by atoms with Gasteiger partial charge in [-0.15, -0.1) is 0 Å². The molecule has 5 rings (SSSR count). The average molecular weight is 487 g/mol. The van der Waals surface area contributed by atoms with Crippen LogP contribution in [0.2, 0.25) is 0 Å². The van der Waals surface area contributed by atoms with Gasteiger partial charge in [0.05, 0.1) is 30.3 Å². The molecule has 3 heterocycles. The molecule has 0 bridgehead atoms. The predicted octanol–water partition coefficient (Wildman–Crippen LogP) is 2.82. The zero-order valence-corrected chi connectivity index (χ0v) is 20.3. The number of nitrogens with one attached hydrogen (secondary N) is 3. The van der Waals surface area contributed by atoms with Crippen LogP contribution in [-0.2, 0) is 22.4 Å². The van der Waals surface area contributed by atoms with Gasteiger partial charge in [0.1, 0.15) is 5.82 Å². The van der Waals surface area contributed by atoms with E-state index in [0.29, 0.717) is 62.2 Å². The molecule has 1 fully saturated rings. The molecule has 0 unspecified atom stereocenters. The topological polar surface area (TPSA) is 116 Å². The van der Waals surface area contributed by atoms with Crippen molar-refractivity contribution in [3.05, 3.63) is 87.6 Å². The van der Waals surface area contributed by atoms with Crippen molar-refractivity contribution in [2.45, 2.75) is 32.2 Å². The number of amides is 1. The SMILES string of the molecule is Cc1nc(N2CCOCC2)[nH]c(=O)c1CCC(=O)N[C@@H](Cc1ccccc1)c1nc2ccccc2[nH]1. The van der Waals surface area contributed by atoms with Crippen molar-refractivity contribution in [3.8, 4) is 0 Å². The van der Waals surface area contributed by atoms with Crippen LogP contribution < -0.4 is 15.8 Å². The number of H-pyrrole nitrogens is 2. The van der Waals surface area contributed by atoms with E-state index in [1.54, 1.807) is 0 Å². The number of hydrogen-bond acceptors (Lipinski definition) is 6. The Morgan fingerprint density at radius 2 is 1.81 bits per heavy atom. The van der Waals surface area contributed by atoms with Gasteiger partial charge in [0.2, 0.25) is 11.9 Å². The monoisotopic (exact) mass is 486 g/mol. The molecule has 0 saturated carbocycles. The Morgan fingerprint density at radius 1 is 1.06 bits per heavy atom. The van der Waals surface area contributed by atoms with Gasteiger partial charge in [-0.25, -0.2) is 9.97 Å². The predicted molar refractivity (Wildman–Crippen MR) is 138 cm³/mol. The lowest BCUT2D eigenvalue weighted by atomic mass is 10.0. The van der Waals surface area contributed by atoms with E-state index < -0.39 is 0 Å². The van der Waals surface area contributed by atoms with Crippen LogP contribution in [0.15, 0.2) is 59.4 Å². The number of ether oxygens (including phenoxy) is 1. The molecule has 9 nitrogen and oxygen atoms in total. The van der Waals surface area contributed by atoms with E-state index in [0.717, 1.165) is 16.6 Å². The summed E-state index contributed by atoms with van der Waals surface area (Å²) in [6, 6.07) is 17.5. The Balaban J connectivity index is 1.29. The minimum Gasteiger partial charge on any atom is -0.378 e. The Kier molecular flexibility index (Phi) is 7.08. The van der Waals surface area contributed by atoms with Crippen molar-refractivity contribution < 1.29 is 9.53 Å². The van der Waals surface area contributed by atoms with Crippen LogP contribution in [-0.4, -0.2) is 52.1 Å². The number of morpholine rings is 1. The van der Waals surface area contributed by atoms with E-state index in [1.165, 1.54) is 0 Å². The number of aryl methyl sites for hydroxylation is 1. The Morgan fingerprint density at radius 3 is 2.56 bits per heavy atom. The molecule has 9 heteroatoms. The quantitative estimate of drug-likeness (QED) is 0.353. The van der Waals surface area contributed by atoms with Crippen molar-refractivity contribution in [2.75, 3.05) is 31.2 Å². The highest BCUT2D eigenvalue weighted by atomic mass is 16.5. The fourth-order valence-electron chi connectivity index (χ4n) is 4.52. The number of hydrogen-bond donors (Lipinski definition) is 3. The number of nitrogens with zero attached hydrogens (tertiary/aromatic N) is 3. The van der Waals surface area contributed by atoms with Crippen molar-refractivity contribution in [3.63, 3.8) is 0 Å². The molecule has 0 aliphatic carbocycles. The largest absolute Gasteiger partial charge is 0.378 e. The maximum absolute atomic E-state index is 13.0. The van der Waals surface area contributed by atoms with Crippen LogP contribution in [0.3, 0.4) is 0 Å². The van der Waals surface area contributed by atoms with Crippen LogP contribution >= 0.6 is 0 Å². The molecule has 0 radical (unpaired) electrons. The number of carbonyl (C=O) groups is 1. The summed E-state index contributed by atoms with van der Waals surface area (Å²) in [6.07, 6.45) is 1.08. The molecule has 1 aliphatic heterocycles. The number of benzene rings is 2. The number of aromatic amines is 2. The summed E-state index contributed by atoms with van der Waals surface area (Å²) >= 11 is 0. The molecule has 2 aromatic carbocycles. The third kappa shape index (κ3) is 5.46. The van der Waals surface area contributed by atoms with Crippen LogP contribution in [0.25, 0.3) is 11.0 Å². The van der Waals surface area contributed by atoms with Gasteiger partial charge in [0, 0.05) is 30.8 Å². The summed E-state index contributed by atoms with van der Waals surface area (Å²) in [5.41, 5.74) is 3.85. The summed E-state index contributed by atoms with van der Waals surface area (Å²) in [7, 11) is 0. The number of imidazole rings is 1. The number of rotatable bonds is 8. The fraction of sp³-hybridized carbons (Fsp3) is 0.333. The lowest BCUT2D eigenvalue weighted by Crippen LogP contribution is -2.38. The maximum Gasteiger partial charge on any atom is 0.255 e. The number of aromatic nitrogens is 4. The van der Waals surface area contributed by atoms with Crippen molar-refractivity contribution in [1.82, 2.24) is 25.3 Å². The molecule has 1 amide bonds. The average Bonchev–Trinajstić information content (AvgIpc) is 3.33. The molecule has 1 saturated heterocycles. The maximum atomic E-state index is 13.0. The zero-order chi connectivity index (χ0) is 24.9. The fourth-order valence-corrected chi connectivity index (χ4v) is 4.52. The smallest absolute Gasteiger partial charge is 0.255 e. The van der Waals surface area contributed by atoms with Gasteiger partial charge >= 0.3 is 0 Å². The molecule has 4 aromatic rings. The first-order valence-corrected chi connectivity index (χ1v) is 12.3. The molecule has 36 heavy (non-hydrogen) atoms. The third-order valence-corrected chi connectivity index (χ3v) is 6.48. The zero-order valence-electron chi connectivity index (χ0n) is 20.3. The minimum atomic E-state index is -0.325. The van der Waals surface area contributed by atoms with Gasteiger partial charge in [-0.3, -0.25) is 14.6 Å². The first-order chi connectivity index (χ1) is 17.6. The third-order valence-electron chi connectivity index (χ3n) is 6.48. The van der Waals surface area contributed by atoms with Gasteiger partial charge in [0.25, 0.3) is 5.56 Å². The Bertz CT molecular complexity index is 1360. The molecule has 3 N–H and O–H groups in total. The van der Waals surface area contributed by atoms with Crippen LogP contribution in [0.5, 0.6) is 0 Å². The second kappa shape index (κ2) is 10.7. The summed E-state index contributed by atoms with van der Waals surface area (Å²) in [5, 5.41) is 3.13. The van der Waals surface area contributed by atoms with Crippen LogP contribution in [0, 0.1) is 6.92 Å². The van der Waals surface area contributed by atoms with Crippen molar-refractivity contribution in [2.24, 2.45) is 0 Å².